The Balaban J connectivity index is 0.000000671. The first-order chi connectivity index (χ1) is 11.7. The third-order valence-electron chi connectivity index (χ3n) is 3.12. The SMILES string of the molecule is CC.CC.O=C(c1ccc2c(c1)OCO2)c1ccccc1C(O)O. The van der Waals surface area contributed by atoms with Crippen molar-refractivity contribution in [2.24, 2.45) is 0 Å². The molecule has 1 aliphatic heterocycles. The van der Waals surface area contributed by atoms with Gasteiger partial charge in [-0.3, -0.25) is 4.79 Å². The zero-order valence-electron chi connectivity index (χ0n) is 14.4. The summed E-state index contributed by atoms with van der Waals surface area (Å²) in [5, 5.41) is 18.6. The Labute approximate surface area is 142 Å². The van der Waals surface area contributed by atoms with Gasteiger partial charge in [-0.2, -0.15) is 0 Å². The topological polar surface area (TPSA) is 76.0 Å². The van der Waals surface area contributed by atoms with Crippen LogP contribution in [0.25, 0.3) is 0 Å². The Morgan fingerprint density at radius 1 is 0.958 bits per heavy atom. The fourth-order valence-corrected chi connectivity index (χ4v) is 2.12. The molecule has 5 heteroatoms. The number of benzene rings is 2. The van der Waals surface area contributed by atoms with E-state index in [1.807, 2.05) is 27.7 Å². The number of carbonyl (C=O) groups excluding carboxylic acids is 1. The largest absolute Gasteiger partial charge is 0.454 e. The molecule has 0 atom stereocenters. The van der Waals surface area contributed by atoms with E-state index in [0.29, 0.717) is 17.1 Å². The summed E-state index contributed by atoms with van der Waals surface area (Å²) in [6.45, 7) is 8.14. The van der Waals surface area contributed by atoms with Gasteiger partial charge in [0.05, 0.1) is 0 Å². The first-order valence-corrected chi connectivity index (χ1v) is 8.06. The van der Waals surface area contributed by atoms with Crippen LogP contribution in [0.15, 0.2) is 42.5 Å². The van der Waals surface area contributed by atoms with Crippen molar-refractivity contribution in [3.8, 4) is 11.5 Å². The predicted octanol–water partition coefficient (Wildman–Crippen LogP) is 3.68. The van der Waals surface area contributed by atoms with Crippen LogP contribution < -0.4 is 9.47 Å². The van der Waals surface area contributed by atoms with Crippen molar-refractivity contribution < 1.29 is 24.5 Å². The molecule has 0 spiro atoms. The normalized spacial score (nSPS) is 11.1. The lowest BCUT2D eigenvalue weighted by molar-refractivity contribution is -0.0429. The van der Waals surface area contributed by atoms with Crippen LogP contribution >= 0.6 is 0 Å². The molecular formula is C19H24O5. The number of hydrogen-bond acceptors (Lipinski definition) is 5. The van der Waals surface area contributed by atoms with Crippen LogP contribution in [-0.4, -0.2) is 22.8 Å². The highest BCUT2D eigenvalue weighted by atomic mass is 16.7. The highest BCUT2D eigenvalue weighted by molar-refractivity contribution is 6.10. The van der Waals surface area contributed by atoms with E-state index < -0.39 is 6.29 Å². The van der Waals surface area contributed by atoms with Gasteiger partial charge in [-0.15, -0.1) is 0 Å². The molecule has 0 amide bonds. The van der Waals surface area contributed by atoms with Gasteiger partial charge in [0.25, 0.3) is 0 Å². The molecule has 0 aliphatic carbocycles. The average molecular weight is 332 g/mol. The maximum atomic E-state index is 12.5. The van der Waals surface area contributed by atoms with Gasteiger partial charge in [0.1, 0.15) is 0 Å². The number of aliphatic hydroxyl groups is 2. The second-order valence-corrected chi connectivity index (χ2v) is 4.36. The monoisotopic (exact) mass is 332 g/mol. The van der Waals surface area contributed by atoms with Gasteiger partial charge >= 0.3 is 0 Å². The van der Waals surface area contributed by atoms with E-state index in [1.54, 1.807) is 36.4 Å². The molecule has 0 aromatic heterocycles. The quantitative estimate of drug-likeness (QED) is 0.662. The molecule has 2 aromatic carbocycles. The third kappa shape index (κ3) is 4.34. The zero-order chi connectivity index (χ0) is 18.1. The third-order valence-corrected chi connectivity index (χ3v) is 3.12. The molecule has 2 N–H and O–H groups in total. The van der Waals surface area contributed by atoms with Crippen molar-refractivity contribution in [3.63, 3.8) is 0 Å². The van der Waals surface area contributed by atoms with E-state index in [0.717, 1.165) is 0 Å². The summed E-state index contributed by atoms with van der Waals surface area (Å²) in [5.74, 6) is 0.807. The summed E-state index contributed by atoms with van der Waals surface area (Å²) < 4.78 is 10.4. The van der Waals surface area contributed by atoms with Crippen LogP contribution in [0.5, 0.6) is 11.5 Å². The fourth-order valence-electron chi connectivity index (χ4n) is 2.12. The number of rotatable bonds is 3. The smallest absolute Gasteiger partial charge is 0.231 e. The molecule has 0 radical (unpaired) electrons. The first kappa shape index (κ1) is 19.7. The second-order valence-electron chi connectivity index (χ2n) is 4.36. The molecule has 0 bridgehead atoms. The summed E-state index contributed by atoms with van der Waals surface area (Å²) >= 11 is 0. The van der Waals surface area contributed by atoms with Crippen molar-refractivity contribution in [2.45, 2.75) is 34.0 Å². The molecular weight excluding hydrogens is 308 g/mol. The Bertz CT molecular complexity index is 665. The highest BCUT2D eigenvalue weighted by Gasteiger charge is 2.20. The minimum atomic E-state index is -1.69. The molecule has 5 nitrogen and oxygen atoms in total. The summed E-state index contributed by atoms with van der Waals surface area (Å²) in [5.41, 5.74) is 0.832. The summed E-state index contributed by atoms with van der Waals surface area (Å²) in [6.07, 6.45) is -1.69. The Kier molecular flexibility index (Phi) is 7.95. The molecule has 2 aromatic rings. The molecule has 0 unspecified atom stereocenters. The molecule has 24 heavy (non-hydrogen) atoms. The maximum Gasteiger partial charge on any atom is 0.231 e. The van der Waals surface area contributed by atoms with Crippen molar-refractivity contribution in [1.29, 1.82) is 0 Å². The van der Waals surface area contributed by atoms with E-state index in [-0.39, 0.29) is 23.7 Å². The highest BCUT2D eigenvalue weighted by Crippen LogP contribution is 2.33. The van der Waals surface area contributed by atoms with Crippen LogP contribution in [0.1, 0.15) is 55.5 Å². The molecule has 1 aliphatic rings. The summed E-state index contributed by atoms with van der Waals surface area (Å²) in [4.78, 5) is 12.5. The van der Waals surface area contributed by atoms with Gasteiger partial charge in [0.2, 0.25) is 6.79 Å². The van der Waals surface area contributed by atoms with E-state index in [2.05, 4.69) is 0 Å². The van der Waals surface area contributed by atoms with Crippen LogP contribution in [0.2, 0.25) is 0 Å². The number of ether oxygens (including phenoxy) is 2. The number of hydrogen-bond donors (Lipinski definition) is 2. The zero-order valence-corrected chi connectivity index (χ0v) is 14.4. The molecule has 1 heterocycles. The summed E-state index contributed by atoms with van der Waals surface area (Å²) in [6, 6.07) is 11.2. The van der Waals surface area contributed by atoms with Gasteiger partial charge in [-0.05, 0) is 18.2 Å². The van der Waals surface area contributed by atoms with Gasteiger partial charge in [-0.25, -0.2) is 0 Å². The molecule has 0 saturated carbocycles. The van der Waals surface area contributed by atoms with E-state index in [1.165, 1.54) is 6.07 Å². The number of carbonyl (C=O) groups is 1. The molecule has 0 saturated heterocycles. The van der Waals surface area contributed by atoms with Crippen LogP contribution in [0.4, 0.5) is 0 Å². The van der Waals surface area contributed by atoms with Gasteiger partial charge in [0, 0.05) is 16.7 Å². The van der Waals surface area contributed by atoms with E-state index in [4.69, 9.17) is 9.47 Å². The fraction of sp³-hybridized carbons (Fsp3) is 0.316. The Morgan fingerprint density at radius 3 is 2.25 bits per heavy atom. The minimum Gasteiger partial charge on any atom is -0.454 e. The van der Waals surface area contributed by atoms with Crippen molar-refractivity contribution >= 4 is 5.78 Å². The molecule has 130 valence electrons. The van der Waals surface area contributed by atoms with Crippen molar-refractivity contribution in [1.82, 2.24) is 0 Å². The van der Waals surface area contributed by atoms with E-state index >= 15 is 0 Å². The predicted molar refractivity (Wildman–Crippen MR) is 92.3 cm³/mol. The minimum absolute atomic E-state index is 0.138. The average Bonchev–Trinajstić information content (AvgIpc) is 3.12. The molecule has 0 fully saturated rings. The number of ketones is 1. The lowest BCUT2D eigenvalue weighted by Crippen LogP contribution is -2.08. The lowest BCUT2D eigenvalue weighted by atomic mass is 9.98. The number of fused-ring (bicyclic) bond motifs is 1. The van der Waals surface area contributed by atoms with Crippen molar-refractivity contribution in [2.75, 3.05) is 6.79 Å². The van der Waals surface area contributed by atoms with Crippen molar-refractivity contribution in [3.05, 3.63) is 59.2 Å². The second kappa shape index (κ2) is 9.70. The Hall–Kier alpha value is -2.37. The lowest BCUT2D eigenvalue weighted by Gasteiger charge is -2.10. The van der Waals surface area contributed by atoms with Gasteiger partial charge < -0.3 is 19.7 Å². The van der Waals surface area contributed by atoms with E-state index in [9.17, 15) is 15.0 Å². The van der Waals surface area contributed by atoms with Gasteiger partial charge in [0.15, 0.2) is 23.6 Å². The first-order valence-electron chi connectivity index (χ1n) is 8.06. The van der Waals surface area contributed by atoms with Crippen LogP contribution in [0, 0.1) is 0 Å². The molecule has 3 rings (SSSR count). The van der Waals surface area contributed by atoms with Gasteiger partial charge in [-0.1, -0.05) is 52.0 Å². The maximum absolute atomic E-state index is 12.5. The Morgan fingerprint density at radius 2 is 1.58 bits per heavy atom. The van der Waals surface area contributed by atoms with Crippen LogP contribution in [0.3, 0.4) is 0 Å². The number of aliphatic hydroxyl groups excluding tert-OH is 1. The standard InChI is InChI=1S/C15H12O5.2C2H6/c16-14(10-3-1-2-4-11(10)15(17)18)9-5-6-12-13(7-9)20-8-19-12;2*1-2/h1-7,15,17-18H,8H2;2*1-2H3. The van der Waals surface area contributed by atoms with Crippen LogP contribution in [-0.2, 0) is 0 Å². The summed E-state index contributed by atoms with van der Waals surface area (Å²) in [7, 11) is 0.